The zero-order valence-corrected chi connectivity index (χ0v) is 59.8. The Balaban J connectivity index is 5.24. The molecule has 0 heterocycles. The van der Waals surface area contributed by atoms with Gasteiger partial charge in [-0.2, -0.15) is 0 Å². The lowest BCUT2D eigenvalue weighted by molar-refractivity contribution is -0.161. The van der Waals surface area contributed by atoms with Crippen molar-refractivity contribution < 1.29 is 80.2 Å². The van der Waals surface area contributed by atoms with Crippen LogP contribution >= 0.6 is 15.6 Å². The number of carbonyl (C=O) groups excluding carboxylic acids is 4. The Morgan fingerprint density at radius 1 is 0.315 bits per heavy atom. The molecular weight excluding hydrogens is 1170 g/mol. The average molecular weight is 1310 g/mol. The summed E-state index contributed by atoms with van der Waals surface area (Å²) in [6.45, 7) is 14.1. The highest BCUT2D eigenvalue weighted by Gasteiger charge is 2.30. The molecule has 3 N–H and O–H groups in total. The average Bonchev–Trinajstić information content (AvgIpc) is 3.70. The Hall–Kier alpha value is -1.94. The number of carbonyl (C=O) groups is 4. The summed E-state index contributed by atoms with van der Waals surface area (Å²) < 4.78 is 68.2. The summed E-state index contributed by atoms with van der Waals surface area (Å²) in [5.41, 5.74) is 0. The molecule has 4 unspecified atom stereocenters. The normalized spacial score (nSPS) is 14.6. The molecule has 0 fully saturated rings. The highest BCUT2D eigenvalue weighted by Crippen LogP contribution is 2.45. The first-order valence-electron chi connectivity index (χ1n) is 36.2. The van der Waals surface area contributed by atoms with Gasteiger partial charge in [0.25, 0.3) is 0 Å². The third-order valence-corrected chi connectivity index (χ3v) is 18.3. The second-order valence-electron chi connectivity index (χ2n) is 26.9. The zero-order valence-electron chi connectivity index (χ0n) is 58.1. The van der Waals surface area contributed by atoms with Gasteiger partial charge in [0, 0.05) is 25.7 Å². The molecule has 0 radical (unpaired) electrons. The van der Waals surface area contributed by atoms with E-state index in [9.17, 15) is 43.2 Å². The fraction of sp³-hybridized carbons (Fsp3) is 0.943. The van der Waals surface area contributed by atoms with Crippen molar-refractivity contribution in [1.82, 2.24) is 0 Å². The van der Waals surface area contributed by atoms with E-state index in [4.69, 9.17) is 37.0 Å². The maximum absolute atomic E-state index is 13.0. The lowest BCUT2D eigenvalue weighted by atomic mass is 10.00. The third-order valence-electron chi connectivity index (χ3n) is 16.4. The number of rotatable bonds is 67. The molecule has 0 amide bonds. The molecule has 0 aromatic heterocycles. The number of ether oxygens (including phenoxy) is 4. The zero-order chi connectivity index (χ0) is 66.1. The molecule has 0 aromatic carbocycles. The van der Waals surface area contributed by atoms with E-state index < -0.39 is 97.5 Å². The molecule has 6 atom stereocenters. The van der Waals surface area contributed by atoms with Crippen molar-refractivity contribution in [2.45, 2.75) is 363 Å². The van der Waals surface area contributed by atoms with Gasteiger partial charge >= 0.3 is 39.5 Å². The number of phosphoric acid groups is 2. The van der Waals surface area contributed by atoms with Gasteiger partial charge in [-0.15, -0.1) is 0 Å². The highest BCUT2D eigenvalue weighted by molar-refractivity contribution is 7.47. The fourth-order valence-electron chi connectivity index (χ4n) is 10.5. The number of aliphatic hydroxyl groups excluding tert-OH is 1. The van der Waals surface area contributed by atoms with Crippen molar-refractivity contribution in [3.8, 4) is 0 Å². The van der Waals surface area contributed by atoms with Gasteiger partial charge < -0.3 is 33.8 Å². The summed E-state index contributed by atoms with van der Waals surface area (Å²) in [5.74, 6) is 0.841. The van der Waals surface area contributed by atoms with Crippen LogP contribution in [0.25, 0.3) is 0 Å². The summed E-state index contributed by atoms with van der Waals surface area (Å²) in [5, 5.41) is 10.6. The number of hydrogen-bond acceptors (Lipinski definition) is 15. The summed E-state index contributed by atoms with van der Waals surface area (Å²) in [4.78, 5) is 72.5. The lowest BCUT2D eigenvalue weighted by Crippen LogP contribution is -2.30. The van der Waals surface area contributed by atoms with Crippen LogP contribution < -0.4 is 0 Å². The fourth-order valence-corrected chi connectivity index (χ4v) is 12.0. The van der Waals surface area contributed by atoms with Gasteiger partial charge in [0.05, 0.1) is 26.4 Å². The Morgan fingerprint density at radius 2 is 0.539 bits per heavy atom. The predicted molar refractivity (Wildman–Crippen MR) is 358 cm³/mol. The number of phosphoric ester groups is 2. The Labute approximate surface area is 543 Å². The summed E-state index contributed by atoms with van der Waals surface area (Å²) in [7, 11) is -9.90. The SMILES string of the molecule is CCC(C)CCCCCCCCC(=O)O[C@H](COC(=O)CCCCCCCCCCC(C)C)COP(=O)(O)OCC(O)COP(=O)(O)OC[C@@H](COC(=O)CCCCCCCCCCCCCCCC(C)C)OC(=O)CCCCCCCCCCCC(C)C. The van der Waals surface area contributed by atoms with Crippen LogP contribution in [0.15, 0.2) is 0 Å². The Kier molecular flexibility index (Phi) is 58.5. The molecule has 17 nitrogen and oxygen atoms in total. The minimum absolute atomic E-state index is 0.102. The topological polar surface area (TPSA) is 237 Å². The van der Waals surface area contributed by atoms with Crippen molar-refractivity contribution in [1.29, 1.82) is 0 Å². The van der Waals surface area contributed by atoms with E-state index in [0.29, 0.717) is 25.7 Å². The second kappa shape index (κ2) is 59.8. The molecule has 0 bridgehead atoms. The minimum Gasteiger partial charge on any atom is -0.462 e. The third kappa shape index (κ3) is 63.2. The molecule has 0 aliphatic carbocycles. The first kappa shape index (κ1) is 87.1. The maximum atomic E-state index is 13.0. The lowest BCUT2D eigenvalue weighted by Gasteiger charge is -2.21. The molecule has 0 saturated heterocycles. The number of unbranched alkanes of at least 4 members (excludes halogenated alkanes) is 32. The molecular formula is C70H136O17P2. The van der Waals surface area contributed by atoms with E-state index in [-0.39, 0.29) is 25.7 Å². The standard InChI is InChI=1S/C70H136O17P2/c1-9-63(8)49-41-33-28-29-37-45-53-70(75)87-66(57-81-68(73)51-43-35-26-21-20-24-32-40-48-62(6)7)59-85-89(78,79)83-55-64(71)54-82-88(76,77)84-58-65(86-69(74)52-44-36-27-19-15-17-23-31-39-47-61(4)5)56-80-67(72)50-42-34-25-18-14-12-10-11-13-16-22-30-38-46-60(2)3/h60-66,71H,9-59H2,1-8H3,(H,76,77)(H,78,79)/t63?,64?,65-,66-/m1/s1. The van der Waals surface area contributed by atoms with Gasteiger partial charge in [0.15, 0.2) is 12.2 Å². The smallest absolute Gasteiger partial charge is 0.462 e. The summed E-state index contributed by atoms with van der Waals surface area (Å²) >= 11 is 0. The van der Waals surface area contributed by atoms with E-state index in [1.165, 1.54) is 148 Å². The molecule has 0 rings (SSSR count). The van der Waals surface area contributed by atoms with E-state index >= 15 is 0 Å². The van der Waals surface area contributed by atoms with Crippen molar-refractivity contribution in [2.75, 3.05) is 39.6 Å². The van der Waals surface area contributed by atoms with Crippen LogP contribution in [0.1, 0.15) is 344 Å². The van der Waals surface area contributed by atoms with Gasteiger partial charge in [-0.25, -0.2) is 9.13 Å². The van der Waals surface area contributed by atoms with Crippen LogP contribution in [0.5, 0.6) is 0 Å². The number of hydrogen-bond donors (Lipinski definition) is 3. The molecule has 0 aliphatic rings. The quantitative estimate of drug-likeness (QED) is 0.0222. The highest BCUT2D eigenvalue weighted by atomic mass is 31.2. The largest absolute Gasteiger partial charge is 0.472 e. The van der Waals surface area contributed by atoms with E-state index in [0.717, 1.165) is 114 Å². The van der Waals surface area contributed by atoms with Crippen molar-refractivity contribution in [3.63, 3.8) is 0 Å². The second-order valence-corrected chi connectivity index (χ2v) is 29.8. The molecule has 0 aromatic rings. The Bertz CT molecular complexity index is 1770. The van der Waals surface area contributed by atoms with Crippen molar-refractivity contribution >= 4 is 39.5 Å². The van der Waals surface area contributed by atoms with E-state index in [1.807, 2.05) is 0 Å². The number of esters is 4. The van der Waals surface area contributed by atoms with Gasteiger partial charge in [-0.05, 0) is 49.4 Å². The molecule has 89 heavy (non-hydrogen) atoms. The minimum atomic E-state index is -4.95. The van der Waals surface area contributed by atoms with Crippen molar-refractivity contribution in [2.24, 2.45) is 23.7 Å². The molecule has 19 heteroatoms. The van der Waals surface area contributed by atoms with Gasteiger partial charge in [-0.1, -0.05) is 293 Å². The summed E-state index contributed by atoms with van der Waals surface area (Å²) in [6, 6.07) is 0. The molecule has 0 aliphatic heterocycles. The first-order valence-corrected chi connectivity index (χ1v) is 39.2. The van der Waals surface area contributed by atoms with Crippen LogP contribution in [-0.2, 0) is 65.4 Å². The van der Waals surface area contributed by atoms with Gasteiger partial charge in [-0.3, -0.25) is 37.3 Å². The maximum Gasteiger partial charge on any atom is 0.472 e. The first-order chi connectivity index (χ1) is 42.6. The van der Waals surface area contributed by atoms with Gasteiger partial charge in [0.1, 0.15) is 19.3 Å². The molecule has 0 spiro atoms. The van der Waals surface area contributed by atoms with Crippen LogP contribution in [0.2, 0.25) is 0 Å². The van der Waals surface area contributed by atoms with Crippen LogP contribution in [0.3, 0.4) is 0 Å². The van der Waals surface area contributed by atoms with E-state index in [2.05, 4.69) is 55.4 Å². The molecule has 0 saturated carbocycles. The van der Waals surface area contributed by atoms with E-state index in [1.54, 1.807) is 0 Å². The van der Waals surface area contributed by atoms with Gasteiger partial charge in [0.2, 0.25) is 0 Å². The van der Waals surface area contributed by atoms with Crippen LogP contribution in [-0.4, -0.2) is 96.7 Å². The van der Waals surface area contributed by atoms with Crippen molar-refractivity contribution in [3.05, 3.63) is 0 Å². The van der Waals surface area contributed by atoms with Crippen LogP contribution in [0.4, 0.5) is 0 Å². The molecule has 528 valence electrons. The predicted octanol–water partition coefficient (Wildman–Crippen LogP) is 19.7. The number of aliphatic hydroxyl groups is 1. The Morgan fingerprint density at radius 3 is 0.798 bits per heavy atom. The monoisotopic (exact) mass is 1310 g/mol. The van der Waals surface area contributed by atoms with Crippen LogP contribution in [0, 0.1) is 23.7 Å². The summed E-state index contributed by atoms with van der Waals surface area (Å²) in [6.07, 6.45) is 41.8.